The summed E-state index contributed by atoms with van der Waals surface area (Å²) < 4.78 is 9.42. The molecule has 1 unspecified atom stereocenters. The Kier molecular flexibility index (Phi) is 11.5. The number of carbonyl (C=O) groups is 4. The van der Waals surface area contributed by atoms with Gasteiger partial charge in [0.25, 0.3) is 0 Å². The normalized spacial score (nSPS) is 18.6. The van der Waals surface area contributed by atoms with Crippen molar-refractivity contribution in [2.45, 2.75) is 71.1 Å². The maximum Gasteiger partial charge on any atom is 0.407 e. The van der Waals surface area contributed by atoms with Crippen LogP contribution in [0.5, 0.6) is 0 Å². The lowest BCUT2D eigenvalue weighted by Crippen LogP contribution is -2.51. The number of rotatable bonds is 11. The number of carbonyl (C=O) groups excluding carboxylic acids is 4. The minimum atomic E-state index is -0.691. The topological polar surface area (TPSA) is 184 Å². The number of hydrogen-bond donors (Lipinski definition) is 4. The second kappa shape index (κ2) is 16.0. The second-order valence-corrected chi connectivity index (χ2v) is 13.4. The van der Waals surface area contributed by atoms with Crippen LogP contribution in [0.15, 0.2) is 42.9 Å². The van der Waals surface area contributed by atoms with Crippen LogP contribution in [0.3, 0.4) is 0 Å². The number of aromatic amines is 1. The molecular formula is C35H47N9O6. The van der Waals surface area contributed by atoms with Crippen molar-refractivity contribution < 1.29 is 28.7 Å². The van der Waals surface area contributed by atoms with Crippen LogP contribution in [0.1, 0.15) is 58.8 Å². The number of anilines is 1. The van der Waals surface area contributed by atoms with E-state index in [1.807, 2.05) is 52.0 Å². The zero-order valence-electron chi connectivity index (χ0n) is 29.4. The summed E-state index contributed by atoms with van der Waals surface area (Å²) in [6.45, 7) is 9.18. The Balaban J connectivity index is 1.18. The van der Waals surface area contributed by atoms with Crippen molar-refractivity contribution in [2.75, 3.05) is 39.2 Å². The lowest BCUT2D eigenvalue weighted by atomic mass is 10.0. The fraction of sp³-hybridized carbons (Fsp3) is 0.514. The molecule has 0 saturated carbocycles. The summed E-state index contributed by atoms with van der Waals surface area (Å²) in [5.74, 6) is 0.702. The average molecular weight is 690 g/mol. The predicted octanol–water partition coefficient (Wildman–Crippen LogP) is 3.97. The van der Waals surface area contributed by atoms with Gasteiger partial charge in [0, 0.05) is 43.6 Å². The van der Waals surface area contributed by atoms with E-state index in [1.54, 1.807) is 28.4 Å². The molecule has 15 nitrogen and oxygen atoms in total. The van der Waals surface area contributed by atoms with E-state index in [9.17, 15) is 19.2 Å². The number of hydrogen-bond acceptors (Lipinski definition) is 10. The first-order chi connectivity index (χ1) is 24.0. The van der Waals surface area contributed by atoms with E-state index in [2.05, 4.69) is 40.6 Å². The summed E-state index contributed by atoms with van der Waals surface area (Å²) in [6.07, 6.45) is 6.39. The molecule has 2 fully saturated rings. The Morgan fingerprint density at radius 3 is 1.98 bits per heavy atom. The van der Waals surface area contributed by atoms with Crippen molar-refractivity contribution >= 4 is 29.9 Å². The number of nitrogens with one attached hydrogen (secondary N) is 4. The van der Waals surface area contributed by atoms with Gasteiger partial charge in [0.15, 0.2) is 0 Å². The van der Waals surface area contributed by atoms with Gasteiger partial charge in [-0.15, -0.1) is 0 Å². The number of nitrogens with zero attached hydrogens (tertiary/aromatic N) is 5. The van der Waals surface area contributed by atoms with Crippen LogP contribution in [0.4, 0.5) is 15.5 Å². The molecule has 5 rings (SSSR count). The minimum absolute atomic E-state index is 0.0167. The number of alkyl carbamates (subject to hydrolysis) is 2. The van der Waals surface area contributed by atoms with Gasteiger partial charge in [0.1, 0.15) is 17.9 Å². The molecule has 4 atom stereocenters. The van der Waals surface area contributed by atoms with E-state index < -0.39 is 24.3 Å². The molecular weight excluding hydrogens is 642 g/mol. The van der Waals surface area contributed by atoms with Crippen molar-refractivity contribution in [1.29, 1.82) is 0 Å². The highest BCUT2D eigenvalue weighted by molar-refractivity contribution is 5.87. The highest BCUT2D eigenvalue weighted by Crippen LogP contribution is 2.33. The summed E-state index contributed by atoms with van der Waals surface area (Å²) in [7, 11) is 2.56. The maximum absolute atomic E-state index is 13.5. The first-order valence-electron chi connectivity index (χ1n) is 17.0. The van der Waals surface area contributed by atoms with Crippen LogP contribution in [0, 0.1) is 11.8 Å². The van der Waals surface area contributed by atoms with Crippen LogP contribution >= 0.6 is 0 Å². The Morgan fingerprint density at radius 1 is 0.780 bits per heavy atom. The molecule has 268 valence electrons. The molecule has 0 bridgehead atoms. The van der Waals surface area contributed by atoms with Crippen LogP contribution in [-0.2, 0) is 19.1 Å². The van der Waals surface area contributed by atoms with Gasteiger partial charge < -0.3 is 40.2 Å². The number of methoxy groups -OCH3 is 2. The van der Waals surface area contributed by atoms with E-state index in [1.165, 1.54) is 14.2 Å². The number of ether oxygens (including phenoxy) is 2. The van der Waals surface area contributed by atoms with E-state index in [4.69, 9.17) is 4.74 Å². The van der Waals surface area contributed by atoms with Crippen molar-refractivity contribution in [3.05, 3.63) is 48.7 Å². The zero-order chi connectivity index (χ0) is 35.9. The molecule has 2 saturated heterocycles. The SMILES string of the molecule is COC(=O)N[C@H](C(=O)N1CCC(Nc2ncc(-c3ccc(-c4cnc([C@@H]5CCCN5C(=O)[C@@H](NC(=O)OC)C(C)C)[nH]4)cc3)cn2)C1)C(C)C. The Bertz CT molecular complexity index is 1640. The van der Waals surface area contributed by atoms with Crippen molar-refractivity contribution in [1.82, 2.24) is 40.4 Å². The molecule has 4 amide bonds. The quantitative estimate of drug-likeness (QED) is 0.230. The molecule has 2 aliphatic rings. The fourth-order valence-electron chi connectivity index (χ4n) is 6.40. The molecule has 0 radical (unpaired) electrons. The van der Waals surface area contributed by atoms with Gasteiger partial charge in [0.2, 0.25) is 17.8 Å². The number of aromatic nitrogens is 4. The Morgan fingerprint density at radius 2 is 1.38 bits per heavy atom. The minimum Gasteiger partial charge on any atom is -0.453 e. The second-order valence-electron chi connectivity index (χ2n) is 13.4. The molecule has 4 heterocycles. The number of H-pyrrole nitrogens is 1. The number of amides is 4. The van der Waals surface area contributed by atoms with Gasteiger partial charge >= 0.3 is 12.2 Å². The van der Waals surface area contributed by atoms with Crippen LogP contribution in [-0.4, -0.2) is 106 Å². The Labute approximate surface area is 291 Å². The third kappa shape index (κ3) is 8.32. The highest BCUT2D eigenvalue weighted by Gasteiger charge is 2.38. The lowest BCUT2D eigenvalue weighted by Gasteiger charge is -2.30. The third-order valence-electron chi connectivity index (χ3n) is 9.24. The van der Waals surface area contributed by atoms with Crippen molar-refractivity contribution in [3.63, 3.8) is 0 Å². The standard InChI is InChI=1S/C35H47N9O6/c1-20(2)28(41-34(47)49-5)31(45)43-15-13-25(19-43)39-33-37-16-24(17-38-33)22-9-11-23(12-10-22)26-18-36-30(40-26)27-8-7-14-44(27)32(46)29(21(3)4)42-35(48)50-6/h9-12,16-18,20-21,25,27-29H,7-8,13-15,19H2,1-6H3,(H,36,40)(H,41,47)(H,42,48)(H,37,38,39)/t25?,27-,28-,29-/m0/s1. The fourth-order valence-corrected chi connectivity index (χ4v) is 6.40. The molecule has 50 heavy (non-hydrogen) atoms. The predicted molar refractivity (Wildman–Crippen MR) is 186 cm³/mol. The highest BCUT2D eigenvalue weighted by atomic mass is 16.5. The molecule has 1 aromatic carbocycles. The summed E-state index contributed by atoms with van der Waals surface area (Å²) in [5.41, 5.74) is 3.57. The molecule has 2 aliphatic heterocycles. The van der Waals surface area contributed by atoms with Gasteiger partial charge in [-0.1, -0.05) is 52.0 Å². The van der Waals surface area contributed by atoms with Gasteiger partial charge in [-0.25, -0.2) is 24.5 Å². The molecule has 3 aromatic rings. The monoisotopic (exact) mass is 689 g/mol. The van der Waals surface area contributed by atoms with E-state index in [0.717, 1.165) is 41.6 Å². The largest absolute Gasteiger partial charge is 0.453 e. The van der Waals surface area contributed by atoms with E-state index >= 15 is 0 Å². The maximum atomic E-state index is 13.5. The molecule has 2 aromatic heterocycles. The van der Waals surface area contributed by atoms with Gasteiger partial charge in [-0.2, -0.15) is 0 Å². The summed E-state index contributed by atoms with van der Waals surface area (Å²) in [5, 5.41) is 8.65. The smallest absolute Gasteiger partial charge is 0.407 e. The summed E-state index contributed by atoms with van der Waals surface area (Å²) in [4.78, 5) is 70.8. The first-order valence-corrected chi connectivity index (χ1v) is 17.0. The average Bonchev–Trinajstić information content (AvgIpc) is 3.90. The van der Waals surface area contributed by atoms with Crippen LogP contribution in [0.2, 0.25) is 0 Å². The van der Waals surface area contributed by atoms with Gasteiger partial charge in [-0.05, 0) is 42.2 Å². The molecule has 0 aliphatic carbocycles. The van der Waals surface area contributed by atoms with Crippen molar-refractivity contribution in [2.24, 2.45) is 11.8 Å². The first kappa shape index (κ1) is 36.1. The van der Waals surface area contributed by atoms with Crippen LogP contribution in [0.25, 0.3) is 22.4 Å². The number of likely N-dealkylation sites (tertiary alicyclic amines) is 2. The van der Waals surface area contributed by atoms with E-state index in [0.29, 0.717) is 31.4 Å². The number of benzene rings is 1. The van der Waals surface area contributed by atoms with Crippen molar-refractivity contribution in [3.8, 4) is 22.4 Å². The molecule has 0 spiro atoms. The van der Waals surface area contributed by atoms with Gasteiger partial charge in [-0.3, -0.25) is 9.59 Å². The zero-order valence-corrected chi connectivity index (χ0v) is 29.4. The number of imidazole rings is 1. The molecule has 4 N–H and O–H groups in total. The van der Waals surface area contributed by atoms with Gasteiger partial charge in [0.05, 0.1) is 32.2 Å². The molecule has 15 heteroatoms. The third-order valence-corrected chi connectivity index (χ3v) is 9.24. The van der Waals surface area contributed by atoms with E-state index in [-0.39, 0.29) is 35.7 Å². The summed E-state index contributed by atoms with van der Waals surface area (Å²) >= 11 is 0. The summed E-state index contributed by atoms with van der Waals surface area (Å²) in [6, 6.07) is 6.39. The Hall–Kier alpha value is -5.21. The lowest BCUT2D eigenvalue weighted by molar-refractivity contribution is -0.135. The van der Waals surface area contributed by atoms with Crippen LogP contribution < -0.4 is 16.0 Å².